The van der Waals surface area contributed by atoms with Crippen LogP contribution in [-0.2, 0) is 4.79 Å². The highest BCUT2D eigenvalue weighted by Gasteiger charge is 2.12. The highest BCUT2D eigenvalue weighted by molar-refractivity contribution is 5.73. The predicted octanol–water partition coefficient (Wildman–Crippen LogP) is -0.260. The summed E-state index contributed by atoms with van der Waals surface area (Å²) < 4.78 is 0. The number of hydrogen-bond donors (Lipinski definition) is 2. The smallest absolute Gasteiger partial charge is 0.321 e. The molecule has 0 aliphatic carbocycles. The minimum atomic E-state index is -0.937. The van der Waals surface area contributed by atoms with Crippen LogP contribution in [0.5, 0.6) is 0 Å². The molecule has 0 spiro atoms. The van der Waals surface area contributed by atoms with Crippen molar-refractivity contribution in [1.82, 2.24) is 4.90 Å². The van der Waals surface area contributed by atoms with E-state index in [1.54, 1.807) is 0 Å². The lowest BCUT2D eigenvalue weighted by Gasteiger charge is -2.17. The standard InChI is InChI=1S/C7H16N2O2/c1-3-4-9(2)5-6(8)7(10)11/h6H,3-5,8H2,1-2H3,(H,10,11). The number of hydrogen-bond acceptors (Lipinski definition) is 3. The van der Waals surface area contributed by atoms with Crippen molar-refractivity contribution in [3.05, 3.63) is 0 Å². The highest BCUT2D eigenvalue weighted by Crippen LogP contribution is 1.88. The van der Waals surface area contributed by atoms with E-state index in [2.05, 4.69) is 0 Å². The molecule has 0 heterocycles. The van der Waals surface area contributed by atoms with Gasteiger partial charge in [-0.2, -0.15) is 0 Å². The summed E-state index contributed by atoms with van der Waals surface area (Å²) >= 11 is 0. The van der Waals surface area contributed by atoms with Crippen LogP contribution in [0.3, 0.4) is 0 Å². The van der Waals surface area contributed by atoms with E-state index in [9.17, 15) is 4.79 Å². The number of nitrogens with zero attached hydrogens (tertiary/aromatic N) is 1. The molecule has 66 valence electrons. The molecule has 1 unspecified atom stereocenters. The average Bonchev–Trinajstić information content (AvgIpc) is 1.87. The van der Waals surface area contributed by atoms with Crippen molar-refractivity contribution >= 4 is 5.97 Å². The molecule has 1 atom stereocenters. The van der Waals surface area contributed by atoms with E-state index >= 15 is 0 Å². The number of rotatable bonds is 5. The van der Waals surface area contributed by atoms with Gasteiger partial charge in [-0.15, -0.1) is 0 Å². The van der Waals surface area contributed by atoms with Crippen molar-refractivity contribution in [3.8, 4) is 0 Å². The third kappa shape index (κ3) is 4.75. The maximum absolute atomic E-state index is 10.3. The molecule has 0 aliphatic rings. The second-order valence-corrected chi connectivity index (χ2v) is 2.71. The summed E-state index contributed by atoms with van der Waals surface area (Å²) in [6.45, 7) is 3.35. The summed E-state index contributed by atoms with van der Waals surface area (Å²) in [5, 5.41) is 8.45. The van der Waals surface area contributed by atoms with Gasteiger partial charge in [0, 0.05) is 6.54 Å². The van der Waals surface area contributed by atoms with Crippen LogP contribution in [0.4, 0.5) is 0 Å². The van der Waals surface area contributed by atoms with Crippen LogP contribution in [0.15, 0.2) is 0 Å². The summed E-state index contributed by atoms with van der Waals surface area (Å²) in [7, 11) is 1.87. The van der Waals surface area contributed by atoms with E-state index in [4.69, 9.17) is 10.8 Å². The number of likely N-dealkylation sites (N-methyl/N-ethyl adjacent to an activating group) is 1. The molecule has 4 nitrogen and oxygen atoms in total. The van der Waals surface area contributed by atoms with Gasteiger partial charge in [0.25, 0.3) is 0 Å². The molecule has 0 rings (SSSR count). The fourth-order valence-electron chi connectivity index (χ4n) is 0.887. The van der Waals surface area contributed by atoms with Crippen molar-refractivity contribution in [3.63, 3.8) is 0 Å². The monoisotopic (exact) mass is 160 g/mol. The molecule has 0 bridgehead atoms. The zero-order chi connectivity index (χ0) is 8.85. The lowest BCUT2D eigenvalue weighted by molar-refractivity contribution is -0.138. The van der Waals surface area contributed by atoms with Gasteiger partial charge in [0.2, 0.25) is 0 Å². The van der Waals surface area contributed by atoms with Crippen LogP contribution in [0.1, 0.15) is 13.3 Å². The van der Waals surface area contributed by atoms with E-state index in [1.165, 1.54) is 0 Å². The van der Waals surface area contributed by atoms with Crippen molar-refractivity contribution in [2.24, 2.45) is 5.73 Å². The summed E-state index contributed by atoms with van der Waals surface area (Å²) in [6.07, 6.45) is 1.02. The Kier molecular flexibility index (Phi) is 4.81. The fourth-order valence-corrected chi connectivity index (χ4v) is 0.887. The van der Waals surface area contributed by atoms with Crippen LogP contribution in [0, 0.1) is 0 Å². The van der Waals surface area contributed by atoms with Gasteiger partial charge in [-0.25, -0.2) is 0 Å². The fraction of sp³-hybridized carbons (Fsp3) is 0.857. The first-order valence-electron chi connectivity index (χ1n) is 3.74. The first-order valence-corrected chi connectivity index (χ1v) is 3.74. The van der Waals surface area contributed by atoms with E-state index in [-0.39, 0.29) is 0 Å². The predicted molar refractivity (Wildman–Crippen MR) is 43.4 cm³/mol. The molecule has 0 saturated heterocycles. The Balaban J connectivity index is 3.56. The molecule has 4 heteroatoms. The molecule has 0 saturated carbocycles. The van der Waals surface area contributed by atoms with E-state index < -0.39 is 12.0 Å². The summed E-state index contributed by atoms with van der Waals surface area (Å²) in [5.41, 5.74) is 5.31. The Morgan fingerprint density at radius 1 is 1.73 bits per heavy atom. The quantitative estimate of drug-likeness (QED) is 0.581. The molecule has 3 N–H and O–H groups in total. The highest BCUT2D eigenvalue weighted by atomic mass is 16.4. The van der Waals surface area contributed by atoms with Gasteiger partial charge in [-0.3, -0.25) is 4.79 Å². The normalized spacial score (nSPS) is 13.5. The Labute approximate surface area is 67.0 Å². The Bertz CT molecular complexity index is 128. The van der Waals surface area contributed by atoms with Gasteiger partial charge < -0.3 is 15.7 Å². The second kappa shape index (κ2) is 5.09. The third-order valence-electron chi connectivity index (χ3n) is 1.43. The number of carboxylic acid groups (broad SMARTS) is 1. The number of carboxylic acids is 1. The molecule has 0 aliphatic heterocycles. The van der Waals surface area contributed by atoms with E-state index in [0.717, 1.165) is 13.0 Å². The molecular formula is C7H16N2O2. The first kappa shape index (κ1) is 10.4. The van der Waals surface area contributed by atoms with Crippen molar-refractivity contribution in [2.45, 2.75) is 19.4 Å². The zero-order valence-corrected chi connectivity index (χ0v) is 7.08. The van der Waals surface area contributed by atoms with Crippen LogP contribution >= 0.6 is 0 Å². The maximum atomic E-state index is 10.3. The van der Waals surface area contributed by atoms with Crippen LogP contribution in [0.2, 0.25) is 0 Å². The average molecular weight is 160 g/mol. The minimum absolute atomic E-state index is 0.420. The summed E-state index contributed by atoms with van der Waals surface area (Å²) in [5.74, 6) is -0.937. The van der Waals surface area contributed by atoms with Crippen LogP contribution < -0.4 is 5.73 Å². The summed E-state index contributed by atoms with van der Waals surface area (Å²) in [6, 6.07) is -0.758. The summed E-state index contributed by atoms with van der Waals surface area (Å²) in [4.78, 5) is 12.2. The van der Waals surface area contributed by atoms with Gasteiger partial charge in [0.15, 0.2) is 0 Å². The number of carbonyl (C=O) groups is 1. The maximum Gasteiger partial charge on any atom is 0.321 e. The topological polar surface area (TPSA) is 66.6 Å². The van der Waals surface area contributed by atoms with Gasteiger partial charge in [-0.05, 0) is 20.0 Å². The van der Waals surface area contributed by atoms with Crippen molar-refractivity contribution in [1.29, 1.82) is 0 Å². The van der Waals surface area contributed by atoms with Gasteiger partial charge in [-0.1, -0.05) is 6.92 Å². The molecule has 11 heavy (non-hydrogen) atoms. The molecule has 0 aromatic heterocycles. The second-order valence-electron chi connectivity index (χ2n) is 2.71. The van der Waals surface area contributed by atoms with Crippen molar-refractivity contribution < 1.29 is 9.90 Å². The molecule has 0 aromatic rings. The molecule has 0 fully saturated rings. The zero-order valence-electron chi connectivity index (χ0n) is 7.08. The van der Waals surface area contributed by atoms with Gasteiger partial charge >= 0.3 is 5.97 Å². The molecule has 0 amide bonds. The van der Waals surface area contributed by atoms with Gasteiger partial charge in [0.05, 0.1) is 0 Å². The third-order valence-corrected chi connectivity index (χ3v) is 1.43. The first-order chi connectivity index (χ1) is 5.07. The number of nitrogens with two attached hydrogens (primary N) is 1. The minimum Gasteiger partial charge on any atom is -0.480 e. The molecular weight excluding hydrogens is 144 g/mol. The lowest BCUT2D eigenvalue weighted by Crippen LogP contribution is -2.41. The Morgan fingerprint density at radius 3 is 2.64 bits per heavy atom. The molecule has 0 radical (unpaired) electrons. The van der Waals surface area contributed by atoms with E-state index in [1.807, 2.05) is 18.9 Å². The van der Waals surface area contributed by atoms with Gasteiger partial charge in [0.1, 0.15) is 6.04 Å². The molecule has 0 aromatic carbocycles. The Hall–Kier alpha value is -0.610. The Morgan fingerprint density at radius 2 is 2.27 bits per heavy atom. The van der Waals surface area contributed by atoms with Crippen LogP contribution in [-0.4, -0.2) is 42.2 Å². The largest absolute Gasteiger partial charge is 0.480 e. The lowest BCUT2D eigenvalue weighted by atomic mass is 10.3. The SMILES string of the molecule is CCCN(C)CC(N)C(=O)O. The van der Waals surface area contributed by atoms with Crippen LogP contribution in [0.25, 0.3) is 0 Å². The number of aliphatic carboxylic acids is 1. The van der Waals surface area contributed by atoms with Crippen molar-refractivity contribution in [2.75, 3.05) is 20.1 Å². The van der Waals surface area contributed by atoms with E-state index in [0.29, 0.717) is 6.54 Å².